The molecule has 0 saturated carbocycles. The first kappa shape index (κ1) is 21.5. The van der Waals surface area contributed by atoms with Gasteiger partial charge in [-0.1, -0.05) is 66.7 Å². The number of nitrogens with zero attached hydrogens (tertiary/aromatic N) is 3. The second-order valence-electron chi connectivity index (χ2n) is 7.50. The number of Topliss-reactive ketones (excluding diaryl/α,β-unsaturated/α-hetero) is 1. The van der Waals surface area contributed by atoms with Gasteiger partial charge in [0.1, 0.15) is 0 Å². The van der Waals surface area contributed by atoms with Crippen molar-refractivity contribution in [3.8, 4) is 0 Å². The van der Waals surface area contributed by atoms with Crippen LogP contribution >= 0.6 is 11.8 Å². The van der Waals surface area contributed by atoms with Crippen LogP contribution in [-0.2, 0) is 4.79 Å². The second kappa shape index (κ2) is 8.53. The van der Waals surface area contributed by atoms with Crippen LogP contribution in [0.25, 0.3) is 27.9 Å². The Hall–Kier alpha value is -4.37. The molecule has 4 aromatic rings. The summed E-state index contributed by atoms with van der Waals surface area (Å²) in [6, 6.07) is 22.3. The number of imide groups is 1. The fourth-order valence-electron chi connectivity index (χ4n) is 3.91. The highest BCUT2D eigenvalue weighted by Gasteiger charge is 2.49. The van der Waals surface area contributed by atoms with Crippen molar-refractivity contribution in [2.45, 2.75) is 6.17 Å². The Morgan fingerprint density at radius 1 is 0.912 bits per heavy atom. The second-order valence-corrected chi connectivity index (χ2v) is 8.49. The van der Waals surface area contributed by atoms with Gasteiger partial charge in [-0.2, -0.15) is 4.90 Å². The molecule has 0 aliphatic carbocycles. The molecule has 2 heterocycles. The number of nitro groups is 1. The van der Waals surface area contributed by atoms with Crippen LogP contribution in [0.5, 0.6) is 0 Å². The van der Waals surface area contributed by atoms with Crippen molar-refractivity contribution in [3.63, 3.8) is 0 Å². The van der Waals surface area contributed by atoms with Gasteiger partial charge in [-0.25, -0.2) is 4.98 Å². The minimum Gasteiger partial charge on any atom is -0.284 e. The van der Waals surface area contributed by atoms with E-state index >= 15 is 0 Å². The zero-order valence-electron chi connectivity index (χ0n) is 17.5. The number of rotatable bonds is 5. The minimum absolute atomic E-state index is 0.000724. The van der Waals surface area contributed by atoms with Gasteiger partial charge in [0.05, 0.1) is 20.9 Å². The average Bonchev–Trinajstić information content (AvgIpc) is 3.12. The van der Waals surface area contributed by atoms with Crippen LogP contribution in [0.3, 0.4) is 0 Å². The molecule has 2 amide bonds. The summed E-state index contributed by atoms with van der Waals surface area (Å²) in [5, 5.41) is 12.5. The Morgan fingerprint density at radius 3 is 2.06 bits per heavy atom. The highest BCUT2D eigenvalue weighted by Crippen LogP contribution is 2.37. The molecule has 1 atom stereocenters. The summed E-state index contributed by atoms with van der Waals surface area (Å²) < 4.78 is 0. The van der Waals surface area contributed by atoms with Crippen LogP contribution in [0.4, 0.5) is 4.79 Å². The fourth-order valence-corrected chi connectivity index (χ4v) is 4.74. The van der Waals surface area contributed by atoms with Crippen LogP contribution in [0.1, 0.15) is 15.9 Å². The largest absolute Gasteiger partial charge is 0.359 e. The van der Waals surface area contributed by atoms with Gasteiger partial charge in [0.25, 0.3) is 16.9 Å². The van der Waals surface area contributed by atoms with Crippen molar-refractivity contribution >= 4 is 56.6 Å². The lowest BCUT2D eigenvalue weighted by atomic mass is 10.0. The predicted molar refractivity (Wildman–Crippen MR) is 129 cm³/mol. The van der Waals surface area contributed by atoms with E-state index in [1.54, 1.807) is 24.3 Å². The lowest BCUT2D eigenvalue weighted by molar-refractivity contribution is -0.522. The summed E-state index contributed by atoms with van der Waals surface area (Å²) in [5.41, 5.74) is 2.11. The molecule has 1 unspecified atom stereocenters. The van der Waals surface area contributed by atoms with Gasteiger partial charge in [-0.3, -0.25) is 24.5 Å². The van der Waals surface area contributed by atoms with E-state index in [2.05, 4.69) is 4.98 Å². The molecule has 166 valence electrons. The number of ketones is 1. The van der Waals surface area contributed by atoms with E-state index in [1.165, 1.54) is 12.1 Å². The van der Waals surface area contributed by atoms with Gasteiger partial charge >= 0.3 is 6.17 Å². The van der Waals surface area contributed by atoms with Crippen LogP contribution < -0.4 is 0 Å². The van der Waals surface area contributed by atoms with E-state index in [0.29, 0.717) is 33.3 Å². The maximum atomic E-state index is 13.2. The third-order valence-corrected chi connectivity index (χ3v) is 6.35. The number of carbonyl (C=O) groups is 3. The summed E-state index contributed by atoms with van der Waals surface area (Å²) in [5.74, 6) is -1.82. The minimum atomic E-state index is -2.15. The molecule has 0 radical (unpaired) electrons. The lowest BCUT2D eigenvalue weighted by Gasteiger charge is -2.16. The number of fused-ring (bicyclic) bond motifs is 2. The van der Waals surface area contributed by atoms with Gasteiger partial charge in [0, 0.05) is 16.3 Å². The number of thioether (sulfide) groups is 1. The maximum absolute atomic E-state index is 13.2. The lowest BCUT2D eigenvalue weighted by Crippen LogP contribution is -2.48. The Balaban J connectivity index is 1.61. The summed E-state index contributed by atoms with van der Waals surface area (Å²) in [4.78, 5) is 54.8. The SMILES string of the molecule is O=C(c1ccccc1)C(N1C(=O)SC(=Cc2c3ccccc3nc3ccccc23)C1=O)[N+](=O)[O-]. The van der Waals surface area contributed by atoms with Gasteiger partial charge < -0.3 is 0 Å². The van der Waals surface area contributed by atoms with Crippen molar-refractivity contribution in [2.75, 3.05) is 0 Å². The van der Waals surface area contributed by atoms with E-state index in [1.807, 2.05) is 48.5 Å². The summed E-state index contributed by atoms with van der Waals surface area (Å²) in [6.07, 6.45) is -0.604. The smallest absolute Gasteiger partial charge is 0.284 e. The average molecular weight is 469 g/mol. The molecule has 34 heavy (non-hydrogen) atoms. The van der Waals surface area contributed by atoms with Crippen LogP contribution in [-0.4, -0.2) is 37.9 Å². The standard InChI is InChI=1S/C25H15N3O5S/c29-22(15-8-2-1-3-9-15)23(28(32)33)27-24(30)21(34-25(27)31)14-18-16-10-4-6-12-19(16)26-20-13-7-5-11-17(18)20/h1-14,23H. The molecule has 1 aliphatic rings. The maximum Gasteiger partial charge on any atom is 0.359 e. The van der Waals surface area contributed by atoms with Crippen molar-refractivity contribution in [2.24, 2.45) is 0 Å². The molecule has 8 nitrogen and oxygen atoms in total. The Bertz CT molecular complexity index is 1480. The first-order valence-electron chi connectivity index (χ1n) is 10.2. The molecule has 1 aliphatic heterocycles. The van der Waals surface area contributed by atoms with Crippen LogP contribution in [0.2, 0.25) is 0 Å². The highest BCUT2D eigenvalue weighted by molar-refractivity contribution is 8.18. The van der Waals surface area contributed by atoms with E-state index in [4.69, 9.17) is 0 Å². The molecule has 0 N–H and O–H groups in total. The third kappa shape index (κ3) is 3.61. The molecular weight excluding hydrogens is 454 g/mol. The van der Waals surface area contributed by atoms with Crippen LogP contribution in [0, 0.1) is 10.1 Å². The fraction of sp³-hybridized carbons (Fsp3) is 0.0400. The van der Waals surface area contributed by atoms with Crippen molar-refractivity contribution in [1.29, 1.82) is 0 Å². The number of aromatic nitrogens is 1. The molecule has 3 aromatic carbocycles. The number of benzene rings is 3. The Kier molecular flexibility index (Phi) is 5.39. The number of amides is 2. The predicted octanol–water partition coefficient (Wildman–Crippen LogP) is 4.91. The molecule has 0 spiro atoms. The molecule has 1 saturated heterocycles. The van der Waals surface area contributed by atoms with E-state index in [9.17, 15) is 24.5 Å². The first-order valence-corrected chi connectivity index (χ1v) is 11.0. The van der Waals surface area contributed by atoms with Crippen molar-refractivity contribution in [1.82, 2.24) is 9.88 Å². The molecule has 1 fully saturated rings. The third-order valence-electron chi connectivity index (χ3n) is 5.47. The number of pyridine rings is 1. The number of hydrogen-bond acceptors (Lipinski definition) is 7. The van der Waals surface area contributed by atoms with Gasteiger partial charge in [-0.15, -0.1) is 0 Å². The molecular formula is C25H15N3O5S. The normalized spacial score (nSPS) is 15.9. The topological polar surface area (TPSA) is 110 Å². The number of carbonyl (C=O) groups excluding carboxylic acids is 3. The zero-order chi connectivity index (χ0) is 23.8. The molecule has 0 bridgehead atoms. The molecule has 1 aromatic heterocycles. The van der Waals surface area contributed by atoms with Crippen molar-refractivity contribution in [3.05, 3.63) is 105 Å². The quantitative estimate of drug-likeness (QED) is 0.134. The van der Waals surface area contributed by atoms with Gasteiger partial charge in [0.15, 0.2) is 0 Å². The Labute approximate surface area is 197 Å². The summed E-state index contributed by atoms with van der Waals surface area (Å²) in [7, 11) is 0. The molecule has 5 rings (SSSR count). The number of hydrogen-bond donors (Lipinski definition) is 0. The van der Waals surface area contributed by atoms with E-state index in [-0.39, 0.29) is 10.5 Å². The van der Waals surface area contributed by atoms with Crippen molar-refractivity contribution < 1.29 is 19.3 Å². The Morgan fingerprint density at radius 2 is 1.47 bits per heavy atom. The van der Waals surface area contributed by atoms with Gasteiger partial charge in [0.2, 0.25) is 0 Å². The summed E-state index contributed by atoms with van der Waals surface area (Å²) >= 11 is 0.574. The highest BCUT2D eigenvalue weighted by atomic mass is 32.2. The van der Waals surface area contributed by atoms with E-state index in [0.717, 1.165) is 10.8 Å². The summed E-state index contributed by atoms with van der Waals surface area (Å²) in [6.45, 7) is 0. The monoisotopic (exact) mass is 469 g/mol. The zero-order valence-corrected chi connectivity index (χ0v) is 18.3. The van der Waals surface area contributed by atoms with E-state index < -0.39 is 28.0 Å². The first-order chi connectivity index (χ1) is 16.5. The van der Waals surface area contributed by atoms with Crippen LogP contribution in [0.15, 0.2) is 83.8 Å². The van der Waals surface area contributed by atoms with Gasteiger partial charge in [-0.05, 0) is 35.5 Å². The molecule has 9 heteroatoms. The number of para-hydroxylation sites is 2.